The number of carbonyl (C=O) groups excluding carboxylic acids is 1. The summed E-state index contributed by atoms with van der Waals surface area (Å²) in [5, 5.41) is 4.03. The molecule has 1 aromatic heterocycles. The lowest BCUT2D eigenvalue weighted by atomic mass is 10.0. The zero-order valence-corrected chi connectivity index (χ0v) is 10.4. The first-order valence-electron chi connectivity index (χ1n) is 5.61. The fourth-order valence-corrected chi connectivity index (χ4v) is 2.41. The summed E-state index contributed by atoms with van der Waals surface area (Å²) in [7, 11) is 0. The van der Waals surface area contributed by atoms with Gasteiger partial charge in [0.1, 0.15) is 5.78 Å². The number of hydrogen-bond acceptors (Lipinski definition) is 3. The van der Waals surface area contributed by atoms with Crippen molar-refractivity contribution < 1.29 is 4.79 Å². The Kier molecular flexibility index (Phi) is 3.94. The van der Waals surface area contributed by atoms with E-state index < -0.39 is 0 Å². The molecule has 0 fully saturated rings. The summed E-state index contributed by atoms with van der Waals surface area (Å²) in [6.45, 7) is 0. The lowest BCUT2D eigenvalue weighted by molar-refractivity contribution is -0.118. The minimum absolute atomic E-state index is 0.283. The number of Topliss-reactive ketones (excluding diaryl/α,β-unsaturated/α-hetero) is 1. The molecular weight excluding hydrogens is 230 g/mol. The van der Waals surface area contributed by atoms with Crippen LogP contribution in [0.25, 0.3) is 0 Å². The maximum atomic E-state index is 11.7. The average molecular weight is 245 g/mol. The zero-order valence-electron chi connectivity index (χ0n) is 9.56. The number of nitrogens with two attached hydrogens (primary N) is 1. The monoisotopic (exact) mass is 245 g/mol. The highest BCUT2D eigenvalue weighted by molar-refractivity contribution is 7.07. The van der Waals surface area contributed by atoms with Gasteiger partial charge in [-0.3, -0.25) is 4.79 Å². The van der Waals surface area contributed by atoms with Gasteiger partial charge in [-0.05, 0) is 46.5 Å². The van der Waals surface area contributed by atoms with E-state index in [0.717, 1.165) is 23.2 Å². The van der Waals surface area contributed by atoms with E-state index in [4.69, 9.17) is 5.73 Å². The van der Waals surface area contributed by atoms with Crippen LogP contribution in [-0.2, 0) is 17.6 Å². The van der Waals surface area contributed by atoms with Crippen molar-refractivity contribution in [3.05, 3.63) is 52.2 Å². The average Bonchev–Trinajstić information content (AvgIpc) is 2.79. The Labute approximate surface area is 105 Å². The lowest BCUT2D eigenvalue weighted by Gasteiger charge is -2.02. The molecule has 88 valence electrons. The highest BCUT2D eigenvalue weighted by atomic mass is 32.1. The number of ketones is 1. The Morgan fingerprint density at radius 1 is 1.24 bits per heavy atom. The van der Waals surface area contributed by atoms with Crippen molar-refractivity contribution in [1.29, 1.82) is 0 Å². The summed E-state index contributed by atoms with van der Waals surface area (Å²) in [5.74, 6) is 0.283. The molecule has 0 radical (unpaired) electrons. The van der Waals surface area contributed by atoms with E-state index in [-0.39, 0.29) is 5.78 Å². The number of hydrogen-bond donors (Lipinski definition) is 1. The molecule has 0 saturated carbocycles. The molecule has 2 N–H and O–H groups in total. The second-order valence-corrected chi connectivity index (χ2v) is 4.87. The topological polar surface area (TPSA) is 43.1 Å². The van der Waals surface area contributed by atoms with Crippen molar-refractivity contribution in [2.75, 3.05) is 5.73 Å². The molecule has 0 aliphatic rings. The standard InChI is InChI=1S/C14H15NOS/c15-13-3-1-2-11(8-13)4-5-14(16)9-12-6-7-17-10-12/h1-3,6-8,10H,4-5,9,15H2. The molecular formula is C14H15NOS. The zero-order chi connectivity index (χ0) is 12.1. The number of anilines is 1. The highest BCUT2D eigenvalue weighted by Crippen LogP contribution is 2.11. The van der Waals surface area contributed by atoms with Crippen molar-refractivity contribution in [3.8, 4) is 0 Å². The van der Waals surface area contributed by atoms with Gasteiger partial charge in [0.25, 0.3) is 0 Å². The third kappa shape index (κ3) is 3.71. The Hall–Kier alpha value is -1.61. The van der Waals surface area contributed by atoms with Gasteiger partial charge in [0.05, 0.1) is 0 Å². The molecule has 0 atom stereocenters. The van der Waals surface area contributed by atoms with Gasteiger partial charge in [-0.2, -0.15) is 11.3 Å². The largest absolute Gasteiger partial charge is 0.399 e. The summed E-state index contributed by atoms with van der Waals surface area (Å²) >= 11 is 1.63. The van der Waals surface area contributed by atoms with Crippen LogP contribution >= 0.6 is 11.3 Å². The molecule has 2 rings (SSSR count). The van der Waals surface area contributed by atoms with E-state index in [0.29, 0.717) is 12.8 Å². The first-order valence-corrected chi connectivity index (χ1v) is 6.55. The van der Waals surface area contributed by atoms with Crippen molar-refractivity contribution in [2.45, 2.75) is 19.3 Å². The highest BCUT2D eigenvalue weighted by Gasteiger charge is 2.04. The van der Waals surface area contributed by atoms with E-state index in [1.165, 1.54) is 0 Å². The second kappa shape index (κ2) is 5.64. The van der Waals surface area contributed by atoms with E-state index >= 15 is 0 Å². The van der Waals surface area contributed by atoms with Gasteiger partial charge < -0.3 is 5.73 Å². The van der Waals surface area contributed by atoms with Crippen molar-refractivity contribution in [3.63, 3.8) is 0 Å². The summed E-state index contributed by atoms with van der Waals surface area (Å²) < 4.78 is 0. The number of rotatable bonds is 5. The third-order valence-corrected chi connectivity index (χ3v) is 3.36. The van der Waals surface area contributed by atoms with Crippen LogP contribution in [0.4, 0.5) is 5.69 Å². The Bertz CT molecular complexity index is 491. The van der Waals surface area contributed by atoms with Gasteiger partial charge in [-0.1, -0.05) is 12.1 Å². The minimum atomic E-state index is 0.283. The van der Waals surface area contributed by atoms with Gasteiger partial charge in [0.2, 0.25) is 0 Å². The van der Waals surface area contributed by atoms with Crippen LogP contribution in [0.2, 0.25) is 0 Å². The summed E-state index contributed by atoms with van der Waals surface area (Å²) in [4.78, 5) is 11.7. The number of benzene rings is 1. The van der Waals surface area contributed by atoms with Gasteiger partial charge in [0, 0.05) is 18.5 Å². The first kappa shape index (κ1) is 11.9. The summed E-state index contributed by atoms with van der Waals surface area (Å²) in [6, 6.07) is 9.72. The number of carbonyl (C=O) groups is 1. The third-order valence-electron chi connectivity index (χ3n) is 2.62. The fourth-order valence-electron chi connectivity index (χ4n) is 1.74. The maximum absolute atomic E-state index is 11.7. The molecule has 0 spiro atoms. The normalized spacial score (nSPS) is 10.4. The molecule has 2 nitrogen and oxygen atoms in total. The van der Waals surface area contributed by atoms with Gasteiger partial charge in [-0.25, -0.2) is 0 Å². The smallest absolute Gasteiger partial charge is 0.137 e. The molecule has 1 aromatic carbocycles. The predicted octanol–water partition coefficient (Wildman–Crippen LogP) is 3.07. The molecule has 1 heterocycles. The van der Waals surface area contributed by atoms with Crippen molar-refractivity contribution >= 4 is 22.8 Å². The number of aryl methyl sites for hydroxylation is 1. The van der Waals surface area contributed by atoms with Crippen LogP contribution in [0.1, 0.15) is 17.5 Å². The first-order chi connectivity index (χ1) is 8.24. The molecule has 0 aliphatic heterocycles. The molecule has 0 saturated heterocycles. The van der Waals surface area contributed by atoms with Crippen LogP contribution in [0.5, 0.6) is 0 Å². The van der Waals surface area contributed by atoms with Crippen LogP contribution in [0, 0.1) is 0 Å². The maximum Gasteiger partial charge on any atom is 0.137 e. The van der Waals surface area contributed by atoms with Crippen LogP contribution < -0.4 is 5.73 Å². The van der Waals surface area contributed by atoms with Crippen molar-refractivity contribution in [1.82, 2.24) is 0 Å². The Morgan fingerprint density at radius 3 is 2.82 bits per heavy atom. The lowest BCUT2D eigenvalue weighted by Crippen LogP contribution is -2.03. The quantitative estimate of drug-likeness (QED) is 0.823. The molecule has 0 amide bonds. The van der Waals surface area contributed by atoms with Crippen LogP contribution in [-0.4, -0.2) is 5.78 Å². The van der Waals surface area contributed by atoms with Gasteiger partial charge in [-0.15, -0.1) is 0 Å². The van der Waals surface area contributed by atoms with E-state index in [1.807, 2.05) is 41.1 Å². The Balaban J connectivity index is 1.84. The van der Waals surface area contributed by atoms with Crippen LogP contribution in [0.15, 0.2) is 41.1 Å². The van der Waals surface area contributed by atoms with Crippen molar-refractivity contribution in [2.24, 2.45) is 0 Å². The number of nitrogen functional groups attached to an aromatic ring is 1. The van der Waals surface area contributed by atoms with E-state index in [1.54, 1.807) is 11.3 Å². The SMILES string of the molecule is Nc1cccc(CCC(=O)Cc2ccsc2)c1. The minimum Gasteiger partial charge on any atom is -0.399 e. The molecule has 0 aliphatic carbocycles. The predicted molar refractivity (Wildman–Crippen MR) is 72.2 cm³/mol. The fraction of sp³-hybridized carbons (Fsp3) is 0.214. The van der Waals surface area contributed by atoms with Gasteiger partial charge >= 0.3 is 0 Å². The molecule has 3 heteroatoms. The Morgan fingerprint density at radius 2 is 2.12 bits per heavy atom. The molecule has 0 bridgehead atoms. The molecule has 0 unspecified atom stereocenters. The van der Waals surface area contributed by atoms with E-state index in [2.05, 4.69) is 0 Å². The molecule has 17 heavy (non-hydrogen) atoms. The van der Waals surface area contributed by atoms with Crippen LogP contribution in [0.3, 0.4) is 0 Å². The molecule has 2 aromatic rings. The van der Waals surface area contributed by atoms with Gasteiger partial charge in [0.15, 0.2) is 0 Å². The summed E-state index contributed by atoms with van der Waals surface area (Å²) in [6.07, 6.45) is 1.90. The summed E-state index contributed by atoms with van der Waals surface area (Å²) in [5.41, 5.74) is 8.69. The second-order valence-electron chi connectivity index (χ2n) is 4.09. The number of thiophene rings is 1. The van der Waals surface area contributed by atoms with E-state index in [9.17, 15) is 4.79 Å².